The predicted octanol–water partition coefficient (Wildman–Crippen LogP) is 2.27. The number of rotatable bonds is 6. The third kappa shape index (κ3) is 4.21. The van der Waals surface area contributed by atoms with Gasteiger partial charge in [0.25, 0.3) is 0 Å². The molecule has 1 aromatic carbocycles. The molecule has 0 bridgehead atoms. The second-order valence-electron chi connectivity index (χ2n) is 5.33. The molecule has 0 aromatic heterocycles. The summed E-state index contributed by atoms with van der Waals surface area (Å²) in [4.78, 5) is 0. The summed E-state index contributed by atoms with van der Waals surface area (Å²) in [7, 11) is -3.02. The van der Waals surface area contributed by atoms with Crippen molar-refractivity contribution in [3.05, 3.63) is 29.8 Å². The van der Waals surface area contributed by atoms with E-state index in [1.807, 2.05) is 24.3 Å². The van der Waals surface area contributed by atoms with Gasteiger partial charge in [0.2, 0.25) is 0 Å². The van der Waals surface area contributed by atoms with Crippen molar-refractivity contribution in [2.75, 3.05) is 12.4 Å². The second kappa shape index (κ2) is 7.09. The lowest BCUT2D eigenvalue weighted by atomic mass is 10.0. The highest BCUT2D eigenvalue weighted by atomic mass is 32.2. The summed E-state index contributed by atoms with van der Waals surface area (Å²) in [6.45, 7) is 0.671. The van der Waals surface area contributed by atoms with Crippen molar-refractivity contribution in [2.24, 2.45) is 5.73 Å². The molecule has 0 radical (unpaired) electrons. The van der Waals surface area contributed by atoms with Crippen LogP contribution < -0.4 is 10.5 Å². The third-order valence-corrected chi connectivity index (χ3v) is 6.05. The summed E-state index contributed by atoms with van der Waals surface area (Å²) >= 11 is 0. The topological polar surface area (TPSA) is 69.4 Å². The second-order valence-corrected chi connectivity index (χ2v) is 7.73. The maximum absolute atomic E-state index is 12.2. The average Bonchev–Trinajstić information content (AvgIpc) is 2.48. The van der Waals surface area contributed by atoms with E-state index in [2.05, 4.69) is 0 Å². The fourth-order valence-corrected chi connectivity index (χ4v) is 4.33. The minimum atomic E-state index is -3.02. The van der Waals surface area contributed by atoms with Gasteiger partial charge in [0.05, 0.1) is 11.0 Å². The molecule has 4 nitrogen and oxygen atoms in total. The minimum Gasteiger partial charge on any atom is -0.493 e. The Hall–Kier alpha value is -1.07. The van der Waals surface area contributed by atoms with Crippen LogP contribution >= 0.6 is 0 Å². The zero-order valence-electron chi connectivity index (χ0n) is 11.8. The molecule has 2 rings (SSSR count). The molecule has 20 heavy (non-hydrogen) atoms. The molecule has 0 heterocycles. The molecule has 1 saturated carbocycles. The normalized spacial score (nSPS) is 17.1. The summed E-state index contributed by atoms with van der Waals surface area (Å²) in [6, 6.07) is 7.47. The van der Waals surface area contributed by atoms with E-state index in [0.717, 1.165) is 37.7 Å². The lowest BCUT2D eigenvalue weighted by Crippen LogP contribution is -2.28. The molecule has 1 aliphatic carbocycles. The number of nitrogens with two attached hydrogens (primary N) is 1. The molecular weight excluding hydrogens is 274 g/mol. The molecule has 0 amide bonds. The van der Waals surface area contributed by atoms with Gasteiger partial charge in [0.15, 0.2) is 9.84 Å². The Morgan fingerprint density at radius 1 is 1.20 bits per heavy atom. The van der Waals surface area contributed by atoms with Gasteiger partial charge in [-0.2, -0.15) is 0 Å². The van der Waals surface area contributed by atoms with E-state index in [9.17, 15) is 8.42 Å². The SMILES string of the molecule is NCc1cccc(OCCS(=O)(=O)C2CCCCC2)c1. The van der Waals surface area contributed by atoms with Gasteiger partial charge in [-0.25, -0.2) is 8.42 Å². The van der Waals surface area contributed by atoms with E-state index < -0.39 is 9.84 Å². The molecular formula is C15H23NO3S. The first-order chi connectivity index (χ1) is 9.62. The quantitative estimate of drug-likeness (QED) is 0.874. The van der Waals surface area contributed by atoms with Crippen molar-refractivity contribution in [1.82, 2.24) is 0 Å². The zero-order valence-corrected chi connectivity index (χ0v) is 12.6. The highest BCUT2D eigenvalue weighted by molar-refractivity contribution is 7.92. The fourth-order valence-electron chi connectivity index (χ4n) is 2.63. The Morgan fingerprint density at radius 2 is 1.95 bits per heavy atom. The number of hydrogen-bond donors (Lipinski definition) is 1. The van der Waals surface area contributed by atoms with Crippen LogP contribution in [0.5, 0.6) is 5.75 Å². The van der Waals surface area contributed by atoms with E-state index in [1.165, 1.54) is 0 Å². The van der Waals surface area contributed by atoms with Crippen LogP contribution in [0, 0.1) is 0 Å². The largest absolute Gasteiger partial charge is 0.493 e. The highest BCUT2D eigenvalue weighted by Crippen LogP contribution is 2.24. The first kappa shape index (κ1) is 15.3. The van der Waals surface area contributed by atoms with Crippen LogP contribution in [0.2, 0.25) is 0 Å². The lowest BCUT2D eigenvalue weighted by molar-refractivity contribution is 0.339. The van der Waals surface area contributed by atoms with E-state index >= 15 is 0 Å². The minimum absolute atomic E-state index is 0.102. The number of sulfone groups is 1. The van der Waals surface area contributed by atoms with Crippen LogP contribution in [0.15, 0.2) is 24.3 Å². The van der Waals surface area contributed by atoms with Crippen molar-refractivity contribution < 1.29 is 13.2 Å². The summed E-state index contributed by atoms with van der Waals surface area (Å²) in [5.41, 5.74) is 6.55. The van der Waals surface area contributed by atoms with Crippen LogP contribution in [-0.2, 0) is 16.4 Å². The van der Waals surface area contributed by atoms with Crippen LogP contribution in [0.4, 0.5) is 0 Å². The van der Waals surface area contributed by atoms with Crippen molar-refractivity contribution in [1.29, 1.82) is 0 Å². The molecule has 112 valence electrons. The summed E-state index contributed by atoms with van der Waals surface area (Å²) in [5.74, 6) is 0.789. The van der Waals surface area contributed by atoms with Crippen molar-refractivity contribution in [3.63, 3.8) is 0 Å². The Labute approximate surface area is 121 Å². The van der Waals surface area contributed by atoms with Gasteiger partial charge >= 0.3 is 0 Å². The maximum Gasteiger partial charge on any atom is 0.156 e. The summed E-state index contributed by atoms with van der Waals surface area (Å²) in [6.07, 6.45) is 4.84. The van der Waals surface area contributed by atoms with Crippen LogP contribution in [0.1, 0.15) is 37.7 Å². The Morgan fingerprint density at radius 3 is 2.65 bits per heavy atom. The van der Waals surface area contributed by atoms with Crippen LogP contribution in [0.3, 0.4) is 0 Å². The van der Waals surface area contributed by atoms with Crippen molar-refractivity contribution >= 4 is 9.84 Å². The molecule has 2 N–H and O–H groups in total. The molecule has 0 aliphatic heterocycles. The number of ether oxygens (including phenoxy) is 1. The number of hydrogen-bond acceptors (Lipinski definition) is 4. The molecule has 5 heteroatoms. The first-order valence-corrected chi connectivity index (χ1v) is 8.97. The van der Waals surface area contributed by atoms with Crippen molar-refractivity contribution in [2.45, 2.75) is 43.9 Å². The molecule has 1 aromatic rings. The number of benzene rings is 1. The predicted molar refractivity (Wildman–Crippen MR) is 80.5 cm³/mol. The molecule has 0 saturated heterocycles. The molecule has 0 unspecified atom stereocenters. The standard InChI is InChI=1S/C15H23NO3S/c16-12-13-5-4-6-14(11-13)19-9-10-20(17,18)15-7-2-1-3-8-15/h4-6,11,15H,1-3,7-10,12,16H2. The van der Waals surface area contributed by atoms with Crippen LogP contribution in [0.25, 0.3) is 0 Å². The Bertz CT molecular complexity index is 522. The smallest absolute Gasteiger partial charge is 0.156 e. The van der Waals surface area contributed by atoms with Gasteiger partial charge in [-0.15, -0.1) is 0 Å². The monoisotopic (exact) mass is 297 g/mol. The van der Waals surface area contributed by atoms with E-state index in [0.29, 0.717) is 12.3 Å². The lowest BCUT2D eigenvalue weighted by Gasteiger charge is -2.21. The maximum atomic E-state index is 12.2. The summed E-state index contributed by atoms with van der Waals surface area (Å²) in [5, 5.41) is -0.157. The molecule has 1 fully saturated rings. The molecule has 0 spiro atoms. The Balaban J connectivity index is 1.85. The average molecular weight is 297 g/mol. The van der Waals surface area contributed by atoms with Gasteiger partial charge in [0, 0.05) is 6.54 Å². The third-order valence-electron chi connectivity index (χ3n) is 3.83. The van der Waals surface area contributed by atoms with Gasteiger partial charge in [-0.1, -0.05) is 31.4 Å². The molecule has 1 aliphatic rings. The zero-order chi connectivity index (χ0) is 14.4. The first-order valence-electron chi connectivity index (χ1n) is 7.25. The van der Waals surface area contributed by atoms with Crippen LogP contribution in [-0.4, -0.2) is 26.0 Å². The Kier molecular flexibility index (Phi) is 5.43. The summed E-state index contributed by atoms with van der Waals surface area (Å²) < 4.78 is 29.9. The fraction of sp³-hybridized carbons (Fsp3) is 0.600. The van der Waals surface area contributed by atoms with Gasteiger partial charge in [-0.05, 0) is 30.5 Å². The van der Waals surface area contributed by atoms with Gasteiger partial charge in [-0.3, -0.25) is 0 Å². The van der Waals surface area contributed by atoms with Crippen molar-refractivity contribution in [3.8, 4) is 5.75 Å². The van der Waals surface area contributed by atoms with Gasteiger partial charge < -0.3 is 10.5 Å². The van der Waals surface area contributed by atoms with Gasteiger partial charge in [0.1, 0.15) is 12.4 Å². The van der Waals surface area contributed by atoms with E-state index in [4.69, 9.17) is 10.5 Å². The van der Waals surface area contributed by atoms with E-state index in [-0.39, 0.29) is 17.6 Å². The molecule has 0 atom stereocenters. The van der Waals surface area contributed by atoms with E-state index in [1.54, 1.807) is 0 Å². The highest BCUT2D eigenvalue weighted by Gasteiger charge is 2.26.